The van der Waals surface area contributed by atoms with Crippen molar-refractivity contribution in [2.45, 2.75) is 26.7 Å². The third-order valence-electron chi connectivity index (χ3n) is 2.93. The Morgan fingerprint density at radius 1 is 1.33 bits per heavy atom. The normalized spacial score (nSPS) is 11.3. The van der Waals surface area contributed by atoms with Crippen LogP contribution < -0.4 is 5.32 Å². The molecule has 0 aliphatic heterocycles. The molecule has 0 bridgehead atoms. The molecular weight excluding hydrogens is 230 g/mol. The highest BCUT2D eigenvalue weighted by Gasteiger charge is 2.18. The molecule has 0 aliphatic carbocycles. The van der Waals surface area contributed by atoms with Crippen LogP contribution in [0, 0.1) is 5.41 Å². The van der Waals surface area contributed by atoms with E-state index in [0.717, 1.165) is 12.8 Å². The van der Waals surface area contributed by atoms with Gasteiger partial charge in [-0.25, -0.2) is 4.79 Å². The van der Waals surface area contributed by atoms with Crippen LogP contribution in [0.1, 0.15) is 37.0 Å². The van der Waals surface area contributed by atoms with E-state index in [-0.39, 0.29) is 17.6 Å². The predicted molar refractivity (Wildman–Crippen MR) is 72.0 cm³/mol. The largest absolute Gasteiger partial charge is 0.478 e. The molecule has 4 heteroatoms. The van der Waals surface area contributed by atoms with Crippen LogP contribution in [-0.4, -0.2) is 29.3 Å². The third-order valence-corrected chi connectivity index (χ3v) is 2.93. The Morgan fingerprint density at radius 2 is 2.00 bits per heavy atom. The van der Waals surface area contributed by atoms with Crippen molar-refractivity contribution < 1.29 is 15.0 Å². The lowest BCUT2D eigenvalue weighted by atomic mass is 9.88. The molecule has 3 N–H and O–H groups in total. The Morgan fingerprint density at radius 3 is 2.61 bits per heavy atom. The average molecular weight is 251 g/mol. The van der Waals surface area contributed by atoms with E-state index in [1.165, 1.54) is 0 Å². The highest BCUT2D eigenvalue weighted by molar-refractivity contribution is 5.94. The maximum absolute atomic E-state index is 11.0. The average Bonchev–Trinajstić information content (AvgIpc) is 2.34. The maximum atomic E-state index is 11.0. The van der Waals surface area contributed by atoms with E-state index in [0.29, 0.717) is 12.2 Å². The van der Waals surface area contributed by atoms with Crippen molar-refractivity contribution in [2.75, 3.05) is 18.5 Å². The molecule has 1 aromatic carbocycles. The zero-order valence-electron chi connectivity index (χ0n) is 10.9. The quantitative estimate of drug-likeness (QED) is 0.696. The Bertz CT molecular complexity index is 402. The second-order valence-electron chi connectivity index (χ2n) is 5.20. The summed E-state index contributed by atoms with van der Waals surface area (Å²) in [7, 11) is 0. The van der Waals surface area contributed by atoms with E-state index in [4.69, 9.17) is 10.2 Å². The third kappa shape index (κ3) is 4.37. The van der Waals surface area contributed by atoms with E-state index in [9.17, 15) is 4.79 Å². The maximum Gasteiger partial charge on any atom is 0.337 e. The van der Waals surface area contributed by atoms with E-state index in [2.05, 4.69) is 19.2 Å². The minimum atomic E-state index is -0.925. The Kier molecular flexibility index (Phi) is 5.16. The molecule has 100 valence electrons. The van der Waals surface area contributed by atoms with Gasteiger partial charge in [-0.05, 0) is 30.4 Å². The second-order valence-corrected chi connectivity index (χ2v) is 5.20. The van der Waals surface area contributed by atoms with Crippen molar-refractivity contribution in [3.05, 3.63) is 29.8 Å². The van der Waals surface area contributed by atoms with Crippen LogP contribution >= 0.6 is 0 Å². The van der Waals surface area contributed by atoms with E-state index >= 15 is 0 Å². The number of carbonyl (C=O) groups is 1. The fourth-order valence-corrected chi connectivity index (χ4v) is 1.80. The first-order valence-corrected chi connectivity index (χ1v) is 6.13. The number of carboxylic acid groups (broad SMARTS) is 1. The van der Waals surface area contributed by atoms with Crippen molar-refractivity contribution in [3.8, 4) is 0 Å². The number of nitrogens with one attached hydrogen (secondary N) is 1. The first kappa shape index (κ1) is 14.5. The molecule has 0 fully saturated rings. The molecule has 0 heterocycles. The number of aromatic carboxylic acids is 1. The van der Waals surface area contributed by atoms with Crippen molar-refractivity contribution >= 4 is 11.7 Å². The lowest BCUT2D eigenvalue weighted by Gasteiger charge is -2.25. The topological polar surface area (TPSA) is 69.6 Å². The Hall–Kier alpha value is -1.55. The van der Waals surface area contributed by atoms with Crippen LogP contribution in [0.5, 0.6) is 0 Å². The van der Waals surface area contributed by atoms with E-state index in [1.54, 1.807) is 18.2 Å². The summed E-state index contributed by atoms with van der Waals surface area (Å²) >= 11 is 0. The molecule has 0 amide bonds. The van der Waals surface area contributed by atoms with Gasteiger partial charge < -0.3 is 15.5 Å². The molecule has 0 saturated heterocycles. The predicted octanol–water partition coefficient (Wildman–Crippen LogP) is 2.60. The molecule has 1 rings (SSSR count). The molecule has 0 unspecified atom stereocenters. The van der Waals surface area contributed by atoms with Gasteiger partial charge in [0.2, 0.25) is 0 Å². The molecule has 18 heavy (non-hydrogen) atoms. The van der Waals surface area contributed by atoms with Gasteiger partial charge in [-0.3, -0.25) is 0 Å². The summed E-state index contributed by atoms with van der Waals surface area (Å²) in [6.07, 6.45) is 1.65. The van der Waals surface area contributed by atoms with Crippen LogP contribution in [0.2, 0.25) is 0 Å². The summed E-state index contributed by atoms with van der Waals surface area (Å²) in [6, 6.07) is 6.89. The number of hydrogen-bond acceptors (Lipinski definition) is 3. The summed E-state index contributed by atoms with van der Waals surface area (Å²) in [5.74, 6) is -0.925. The van der Waals surface area contributed by atoms with Crippen LogP contribution in [0.3, 0.4) is 0 Å². The zero-order valence-corrected chi connectivity index (χ0v) is 10.9. The number of hydrogen-bond donors (Lipinski definition) is 3. The van der Waals surface area contributed by atoms with Crippen molar-refractivity contribution in [2.24, 2.45) is 5.41 Å². The molecule has 0 aliphatic rings. The second kappa shape index (κ2) is 6.40. The highest BCUT2D eigenvalue weighted by Crippen LogP contribution is 2.24. The van der Waals surface area contributed by atoms with Crippen molar-refractivity contribution in [3.63, 3.8) is 0 Å². The number of rotatable bonds is 7. The molecule has 1 aromatic rings. The van der Waals surface area contributed by atoms with Crippen LogP contribution in [0.15, 0.2) is 24.3 Å². The number of benzene rings is 1. The number of aliphatic hydroxyl groups is 1. The van der Waals surface area contributed by atoms with Crippen molar-refractivity contribution in [1.82, 2.24) is 0 Å². The number of aliphatic hydroxyl groups excluding tert-OH is 1. The number of carboxylic acids is 1. The van der Waals surface area contributed by atoms with Gasteiger partial charge in [-0.2, -0.15) is 0 Å². The molecule has 0 saturated carbocycles. The van der Waals surface area contributed by atoms with Gasteiger partial charge in [-0.15, -0.1) is 0 Å². The van der Waals surface area contributed by atoms with Gasteiger partial charge in [0, 0.05) is 18.8 Å². The monoisotopic (exact) mass is 251 g/mol. The van der Waals surface area contributed by atoms with Crippen LogP contribution in [0.4, 0.5) is 5.69 Å². The van der Waals surface area contributed by atoms with E-state index < -0.39 is 5.97 Å². The lowest BCUT2D eigenvalue weighted by Crippen LogP contribution is -2.24. The van der Waals surface area contributed by atoms with Gasteiger partial charge in [-0.1, -0.05) is 26.0 Å². The summed E-state index contributed by atoms with van der Waals surface area (Å²) in [5.41, 5.74) is 0.950. The number of para-hydroxylation sites is 1. The first-order chi connectivity index (χ1) is 8.46. The van der Waals surface area contributed by atoms with Crippen molar-refractivity contribution in [1.29, 1.82) is 0 Å². The smallest absolute Gasteiger partial charge is 0.337 e. The SMILES string of the molecule is CC(C)(CCCO)CNc1ccccc1C(=O)O. The summed E-state index contributed by atoms with van der Waals surface area (Å²) in [5, 5.41) is 21.1. The Labute approximate surface area is 108 Å². The first-order valence-electron chi connectivity index (χ1n) is 6.13. The molecule has 0 spiro atoms. The Balaban J connectivity index is 2.65. The zero-order chi connectivity index (χ0) is 13.6. The van der Waals surface area contributed by atoms with Gasteiger partial charge in [0.15, 0.2) is 0 Å². The fraction of sp³-hybridized carbons (Fsp3) is 0.500. The standard InChI is InChI=1S/C14H21NO3/c1-14(2,8-5-9-16)10-15-12-7-4-3-6-11(12)13(17)18/h3-4,6-7,15-16H,5,8-10H2,1-2H3,(H,17,18). The molecule has 0 aromatic heterocycles. The minimum absolute atomic E-state index is 0.0222. The fourth-order valence-electron chi connectivity index (χ4n) is 1.80. The molecule has 0 atom stereocenters. The highest BCUT2D eigenvalue weighted by atomic mass is 16.4. The summed E-state index contributed by atoms with van der Waals surface area (Å²) in [4.78, 5) is 11.0. The minimum Gasteiger partial charge on any atom is -0.478 e. The summed E-state index contributed by atoms with van der Waals surface area (Å²) in [6.45, 7) is 5.06. The molecular formula is C14H21NO3. The van der Waals surface area contributed by atoms with Gasteiger partial charge in [0.05, 0.1) is 5.56 Å². The molecule has 4 nitrogen and oxygen atoms in total. The van der Waals surface area contributed by atoms with Gasteiger partial charge >= 0.3 is 5.97 Å². The van der Waals surface area contributed by atoms with Crippen LogP contribution in [-0.2, 0) is 0 Å². The molecule has 0 radical (unpaired) electrons. The summed E-state index contributed by atoms with van der Waals surface area (Å²) < 4.78 is 0. The van der Waals surface area contributed by atoms with Crippen LogP contribution in [0.25, 0.3) is 0 Å². The lowest BCUT2D eigenvalue weighted by molar-refractivity contribution is 0.0698. The number of anilines is 1. The van der Waals surface area contributed by atoms with Gasteiger partial charge in [0.25, 0.3) is 0 Å². The van der Waals surface area contributed by atoms with Gasteiger partial charge in [0.1, 0.15) is 0 Å². The van der Waals surface area contributed by atoms with E-state index in [1.807, 2.05) is 6.07 Å².